The third kappa shape index (κ3) is 3.09. The SMILES string of the molecule is Cc1noc(C)c1C(C)N1CC(=O)NC(CC(C)C)C1=O. The minimum absolute atomic E-state index is 0.0317. The van der Waals surface area contributed by atoms with Crippen molar-refractivity contribution in [3.63, 3.8) is 0 Å². The Bertz CT molecular complexity index is 531. The Balaban J connectivity index is 2.25. The second-order valence-electron chi connectivity index (χ2n) is 6.13. The van der Waals surface area contributed by atoms with Gasteiger partial charge in [-0.15, -0.1) is 0 Å². The average molecular weight is 293 g/mol. The van der Waals surface area contributed by atoms with Crippen molar-refractivity contribution >= 4 is 11.8 Å². The van der Waals surface area contributed by atoms with E-state index in [-0.39, 0.29) is 24.4 Å². The Morgan fingerprint density at radius 2 is 2.00 bits per heavy atom. The predicted molar refractivity (Wildman–Crippen MR) is 77.5 cm³/mol. The molecule has 2 amide bonds. The van der Waals surface area contributed by atoms with Crippen LogP contribution in [-0.4, -0.2) is 34.5 Å². The number of nitrogens with zero attached hydrogens (tertiary/aromatic N) is 2. The molecule has 1 aliphatic heterocycles. The first-order valence-corrected chi connectivity index (χ1v) is 7.33. The van der Waals surface area contributed by atoms with Crippen LogP contribution in [0.15, 0.2) is 4.52 Å². The lowest BCUT2D eigenvalue weighted by atomic mass is 9.98. The largest absolute Gasteiger partial charge is 0.361 e. The molecule has 2 unspecified atom stereocenters. The zero-order chi connectivity index (χ0) is 15.7. The minimum Gasteiger partial charge on any atom is -0.361 e. The summed E-state index contributed by atoms with van der Waals surface area (Å²) in [6.45, 7) is 9.74. The molecule has 116 valence electrons. The molecule has 2 rings (SSSR count). The summed E-state index contributed by atoms with van der Waals surface area (Å²) in [5.41, 5.74) is 1.65. The van der Waals surface area contributed by atoms with Gasteiger partial charge in [-0.05, 0) is 33.1 Å². The first kappa shape index (κ1) is 15.5. The van der Waals surface area contributed by atoms with Gasteiger partial charge in [-0.25, -0.2) is 0 Å². The molecule has 2 atom stereocenters. The second-order valence-corrected chi connectivity index (χ2v) is 6.13. The van der Waals surface area contributed by atoms with Gasteiger partial charge < -0.3 is 14.7 Å². The van der Waals surface area contributed by atoms with Crippen LogP contribution in [0.5, 0.6) is 0 Å². The highest BCUT2D eigenvalue weighted by atomic mass is 16.5. The zero-order valence-electron chi connectivity index (χ0n) is 13.3. The standard InChI is InChI=1S/C15H23N3O3/c1-8(2)6-12-15(20)18(7-13(19)16-12)10(4)14-9(3)17-21-11(14)5/h8,10,12H,6-7H2,1-5H3,(H,16,19). The summed E-state index contributed by atoms with van der Waals surface area (Å²) in [5, 5.41) is 6.72. The molecule has 1 saturated heterocycles. The predicted octanol–water partition coefficient (Wildman–Crippen LogP) is 1.73. The topological polar surface area (TPSA) is 75.4 Å². The number of aryl methyl sites for hydroxylation is 2. The zero-order valence-corrected chi connectivity index (χ0v) is 13.3. The van der Waals surface area contributed by atoms with Crippen LogP contribution in [0, 0.1) is 19.8 Å². The van der Waals surface area contributed by atoms with Crippen molar-refractivity contribution in [3.05, 3.63) is 17.0 Å². The van der Waals surface area contributed by atoms with E-state index in [4.69, 9.17) is 4.52 Å². The van der Waals surface area contributed by atoms with Gasteiger partial charge in [0.15, 0.2) is 0 Å². The number of nitrogens with one attached hydrogen (secondary N) is 1. The third-order valence-electron chi connectivity index (χ3n) is 3.91. The van der Waals surface area contributed by atoms with E-state index >= 15 is 0 Å². The Kier molecular flexibility index (Phi) is 4.34. The van der Waals surface area contributed by atoms with Crippen LogP contribution in [0.4, 0.5) is 0 Å². The van der Waals surface area contributed by atoms with Gasteiger partial charge in [0.05, 0.1) is 11.7 Å². The van der Waals surface area contributed by atoms with E-state index in [0.29, 0.717) is 18.1 Å². The van der Waals surface area contributed by atoms with Crippen molar-refractivity contribution in [1.29, 1.82) is 0 Å². The maximum Gasteiger partial charge on any atom is 0.246 e. The summed E-state index contributed by atoms with van der Waals surface area (Å²) in [7, 11) is 0. The normalized spacial score (nSPS) is 20.9. The molecular weight excluding hydrogens is 270 g/mol. The van der Waals surface area contributed by atoms with Crippen LogP contribution in [0.1, 0.15) is 50.3 Å². The van der Waals surface area contributed by atoms with Crippen molar-refractivity contribution < 1.29 is 14.1 Å². The lowest BCUT2D eigenvalue weighted by molar-refractivity contribution is -0.147. The minimum atomic E-state index is -0.436. The highest BCUT2D eigenvalue weighted by Crippen LogP contribution is 2.28. The number of rotatable bonds is 4. The molecule has 6 nitrogen and oxygen atoms in total. The van der Waals surface area contributed by atoms with E-state index in [2.05, 4.69) is 10.5 Å². The summed E-state index contributed by atoms with van der Waals surface area (Å²) in [6.07, 6.45) is 0.648. The van der Waals surface area contributed by atoms with Crippen LogP contribution < -0.4 is 5.32 Å². The Labute approximate surface area is 124 Å². The molecule has 0 aromatic carbocycles. The van der Waals surface area contributed by atoms with Gasteiger partial charge in [0.2, 0.25) is 11.8 Å². The van der Waals surface area contributed by atoms with E-state index in [9.17, 15) is 9.59 Å². The highest BCUT2D eigenvalue weighted by molar-refractivity contribution is 5.95. The van der Waals surface area contributed by atoms with Gasteiger partial charge in [-0.3, -0.25) is 9.59 Å². The van der Waals surface area contributed by atoms with Crippen molar-refractivity contribution in [2.45, 2.75) is 53.1 Å². The summed E-state index contributed by atoms with van der Waals surface area (Å²) in [6, 6.07) is -0.654. The van der Waals surface area contributed by atoms with E-state index < -0.39 is 6.04 Å². The summed E-state index contributed by atoms with van der Waals surface area (Å²) in [4.78, 5) is 26.2. The van der Waals surface area contributed by atoms with E-state index in [0.717, 1.165) is 11.3 Å². The van der Waals surface area contributed by atoms with Gasteiger partial charge in [-0.1, -0.05) is 19.0 Å². The molecule has 1 aromatic rings. The maximum atomic E-state index is 12.6. The molecule has 6 heteroatoms. The summed E-state index contributed by atoms with van der Waals surface area (Å²) >= 11 is 0. The molecule has 0 aliphatic carbocycles. The van der Waals surface area contributed by atoms with Crippen LogP contribution in [0.2, 0.25) is 0 Å². The van der Waals surface area contributed by atoms with E-state index in [1.54, 1.807) is 4.90 Å². The Hall–Kier alpha value is -1.85. The van der Waals surface area contributed by atoms with Crippen LogP contribution in [0.3, 0.4) is 0 Å². The number of piperazine rings is 1. The van der Waals surface area contributed by atoms with Gasteiger partial charge in [-0.2, -0.15) is 0 Å². The Morgan fingerprint density at radius 3 is 2.52 bits per heavy atom. The average Bonchev–Trinajstić information content (AvgIpc) is 2.71. The molecular formula is C15H23N3O3. The first-order valence-electron chi connectivity index (χ1n) is 7.33. The number of hydrogen-bond acceptors (Lipinski definition) is 4. The van der Waals surface area contributed by atoms with Crippen molar-refractivity contribution in [3.8, 4) is 0 Å². The van der Waals surface area contributed by atoms with Crippen LogP contribution in [0.25, 0.3) is 0 Å². The lowest BCUT2D eigenvalue weighted by Crippen LogP contribution is -2.58. The van der Waals surface area contributed by atoms with Gasteiger partial charge in [0.1, 0.15) is 18.3 Å². The van der Waals surface area contributed by atoms with E-state index in [1.807, 2.05) is 34.6 Å². The summed E-state index contributed by atoms with van der Waals surface area (Å²) in [5.74, 6) is 0.891. The molecule has 0 radical (unpaired) electrons. The van der Waals surface area contributed by atoms with Crippen molar-refractivity contribution in [2.75, 3.05) is 6.54 Å². The fourth-order valence-corrected chi connectivity index (χ4v) is 2.94. The fraction of sp³-hybridized carbons (Fsp3) is 0.667. The molecule has 21 heavy (non-hydrogen) atoms. The molecule has 2 heterocycles. The van der Waals surface area contributed by atoms with Crippen molar-refractivity contribution in [2.24, 2.45) is 5.92 Å². The molecule has 1 N–H and O–H groups in total. The van der Waals surface area contributed by atoms with Gasteiger partial charge in [0, 0.05) is 5.56 Å². The fourth-order valence-electron chi connectivity index (χ4n) is 2.94. The molecule has 1 fully saturated rings. The van der Waals surface area contributed by atoms with Crippen molar-refractivity contribution in [1.82, 2.24) is 15.4 Å². The van der Waals surface area contributed by atoms with E-state index in [1.165, 1.54) is 0 Å². The number of hydrogen-bond donors (Lipinski definition) is 1. The molecule has 0 spiro atoms. The molecule has 1 aromatic heterocycles. The molecule has 1 aliphatic rings. The summed E-state index contributed by atoms with van der Waals surface area (Å²) < 4.78 is 5.17. The first-order chi connectivity index (χ1) is 9.81. The molecule has 0 bridgehead atoms. The lowest BCUT2D eigenvalue weighted by Gasteiger charge is -2.37. The van der Waals surface area contributed by atoms with Gasteiger partial charge in [0.25, 0.3) is 0 Å². The highest BCUT2D eigenvalue weighted by Gasteiger charge is 2.37. The monoisotopic (exact) mass is 293 g/mol. The molecule has 0 saturated carbocycles. The number of carbonyl (C=O) groups is 2. The third-order valence-corrected chi connectivity index (χ3v) is 3.91. The Morgan fingerprint density at radius 1 is 1.33 bits per heavy atom. The van der Waals surface area contributed by atoms with Gasteiger partial charge >= 0.3 is 0 Å². The van der Waals surface area contributed by atoms with Crippen LogP contribution in [-0.2, 0) is 9.59 Å². The maximum absolute atomic E-state index is 12.6. The smallest absolute Gasteiger partial charge is 0.246 e. The second kappa shape index (κ2) is 5.87. The number of aromatic nitrogens is 1. The quantitative estimate of drug-likeness (QED) is 0.917. The number of carbonyl (C=O) groups excluding carboxylic acids is 2. The number of amides is 2. The van der Waals surface area contributed by atoms with Crippen LogP contribution >= 0.6 is 0 Å².